The smallest absolute Gasteiger partial charge is 0.119 e. The Morgan fingerprint density at radius 1 is 1.00 bits per heavy atom. The Morgan fingerprint density at radius 3 is 2.35 bits per heavy atom. The summed E-state index contributed by atoms with van der Waals surface area (Å²) in [7, 11) is 0. The molecule has 5 nitrogen and oxygen atoms in total. The number of hydrogen-bond donors (Lipinski definition) is 2. The fourth-order valence-corrected chi connectivity index (χ4v) is 1.71. The van der Waals surface area contributed by atoms with E-state index in [1.165, 1.54) is 0 Å². The van der Waals surface area contributed by atoms with E-state index in [9.17, 15) is 0 Å². The standard InChI is InChI=1S/C15H18N4O/c1-3-20-12-6-4-11(5-7-12)18-19-14-9-8-13(16)10(2)15(14)17/h4-9H,3,16-17H2,1-2H3. The quantitative estimate of drug-likeness (QED) is 0.651. The maximum Gasteiger partial charge on any atom is 0.119 e. The number of anilines is 2. The molecule has 0 fully saturated rings. The first-order valence-electron chi connectivity index (χ1n) is 6.41. The zero-order valence-electron chi connectivity index (χ0n) is 11.6. The van der Waals surface area contributed by atoms with E-state index in [4.69, 9.17) is 16.2 Å². The van der Waals surface area contributed by atoms with Crippen molar-refractivity contribution < 1.29 is 4.74 Å². The zero-order valence-corrected chi connectivity index (χ0v) is 11.6. The highest BCUT2D eigenvalue weighted by Crippen LogP contribution is 2.30. The van der Waals surface area contributed by atoms with Gasteiger partial charge in [-0.05, 0) is 55.8 Å². The first kappa shape index (κ1) is 13.9. The van der Waals surface area contributed by atoms with Crippen molar-refractivity contribution in [2.75, 3.05) is 18.1 Å². The molecule has 4 N–H and O–H groups in total. The average Bonchev–Trinajstić information content (AvgIpc) is 2.46. The summed E-state index contributed by atoms with van der Waals surface area (Å²) in [5.74, 6) is 0.814. The summed E-state index contributed by atoms with van der Waals surface area (Å²) in [6, 6.07) is 10.9. The molecular formula is C15H18N4O. The zero-order chi connectivity index (χ0) is 14.5. The molecule has 0 aliphatic heterocycles. The molecule has 2 rings (SSSR count). The number of rotatable bonds is 4. The van der Waals surface area contributed by atoms with Crippen LogP contribution in [-0.2, 0) is 0 Å². The van der Waals surface area contributed by atoms with E-state index in [2.05, 4.69) is 10.2 Å². The van der Waals surface area contributed by atoms with E-state index in [-0.39, 0.29) is 0 Å². The van der Waals surface area contributed by atoms with Gasteiger partial charge in [-0.25, -0.2) is 0 Å². The van der Waals surface area contributed by atoms with Crippen LogP contribution < -0.4 is 16.2 Å². The Balaban J connectivity index is 2.19. The minimum atomic E-state index is 0.555. The third kappa shape index (κ3) is 3.06. The Morgan fingerprint density at radius 2 is 1.70 bits per heavy atom. The van der Waals surface area contributed by atoms with Gasteiger partial charge in [0.2, 0.25) is 0 Å². The van der Waals surface area contributed by atoms with Gasteiger partial charge < -0.3 is 16.2 Å². The summed E-state index contributed by atoms with van der Waals surface area (Å²) in [6.45, 7) is 4.45. The van der Waals surface area contributed by atoms with Gasteiger partial charge in [-0.2, -0.15) is 5.11 Å². The summed E-state index contributed by atoms with van der Waals surface area (Å²) in [5.41, 5.74) is 15.1. The van der Waals surface area contributed by atoms with Crippen LogP contribution in [0.2, 0.25) is 0 Å². The first-order valence-corrected chi connectivity index (χ1v) is 6.41. The molecule has 0 unspecified atom stereocenters. The average molecular weight is 270 g/mol. The van der Waals surface area contributed by atoms with Gasteiger partial charge >= 0.3 is 0 Å². The maximum absolute atomic E-state index is 5.96. The first-order chi connectivity index (χ1) is 9.61. The van der Waals surface area contributed by atoms with Crippen LogP contribution in [0.3, 0.4) is 0 Å². The van der Waals surface area contributed by atoms with Crippen LogP contribution in [0.4, 0.5) is 22.7 Å². The van der Waals surface area contributed by atoms with Crippen molar-refractivity contribution >= 4 is 22.7 Å². The van der Waals surface area contributed by atoms with Gasteiger partial charge in [-0.15, -0.1) is 5.11 Å². The van der Waals surface area contributed by atoms with Crippen molar-refractivity contribution in [3.63, 3.8) is 0 Å². The molecule has 5 heteroatoms. The third-order valence-corrected chi connectivity index (χ3v) is 2.95. The summed E-state index contributed by atoms with van der Waals surface area (Å²) in [6.07, 6.45) is 0. The van der Waals surface area contributed by atoms with Gasteiger partial charge in [-0.3, -0.25) is 0 Å². The fraction of sp³-hybridized carbons (Fsp3) is 0.200. The van der Waals surface area contributed by atoms with Crippen LogP contribution in [-0.4, -0.2) is 6.61 Å². The highest BCUT2D eigenvalue weighted by atomic mass is 16.5. The number of azo groups is 1. The van der Waals surface area contributed by atoms with Crippen LogP contribution in [0.5, 0.6) is 5.75 Å². The van der Waals surface area contributed by atoms with E-state index < -0.39 is 0 Å². The Kier molecular flexibility index (Phi) is 4.20. The molecule has 104 valence electrons. The fourth-order valence-electron chi connectivity index (χ4n) is 1.71. The Bertz CT molecular complexity index is 621. The molecule has 0 aromatic heterocycles. The van der Waals surface area contributed by atoms with E-state index in [1.54, 1.807) is 12.1 Å². The molecule has 0 aliphatic carbocycles. The molecule has 0 bridgehead atoms. The second-order valence-electron chi connectivity index (χ2n) is 4.34. The van der Waals surface area contributed by atoms with Crippen LogP contribution in [0.25, 0.3) is 0 Å². The van der Waals surface area contributed by atoms with Gasteiger partial charge in [-0.1, -0.05) is 0 Å². The molecule has 2 aromatic carbocycles. The highest BCUT2D eigenvalue weighted by Gasteiger charge is 2.04. The number of nitrogen functional groups attached to an aromatic ring is 2. The second kappa shape index (κ2) is 6.06. The van der Waals surface area contributed by atoms with Gasteiger partial charge in [0.1, 0.15) is 11.4 Å². The van der Waals surface area contributed by atoms with Crippen molar-refractivity contribution in [1.82, 2.24) is 0 Å². The summed E-state index contributed by atoms with van der Waals surface area (Å²) < 4.78 is 5.37. The lowest BCUT2D eigenvalue weighted by atomic mass is 10.1. The molecule has 0 atom stereocenters. The van der Waals surface area contributed by atoms with Gasteiger partial charge in [0.15, 0.2) is 0 Å². The molecule has 0 aliphatic rings. The predicted octanol–water partition coefficient (Wildman–Crippen LogP) is 3.97. The molecule has 0 saturated carbocycles. The number of benzene rings is 2. The van der Waals surface area contributed by atoms with Crippen LogP contribution in [0.1, 0.15) is 12.5 Å². The van der Waals surface area contributed by atoms with Gasteiger partial charge in [0, 0.05) is 5.69 Å². The minimum absolute atomic E-state index is 0.555. The molecule has 2 aromatic rings. The van der Waals surface area contributed by atoms with E-state index in [1.807, 2.05) is 38.1 Å². The monoisotopic (exact) mass is 270 g/mol. The van der Waals surface area contributed by atoms with Crippen LogP contribution in [0, 0.1) is 6.92 Å². The normalized spacial score (nSPS) is 10.9. The van der Waals surface area contributed by atoms with Crippen molar-refractivity contribution in [2.24, 2.45) is 10.2 Å². The van der Waals surface area contributed by atoms with Crippen molar-refractivity contribution in [3.8, 4) is 5.75 Å². The minimum Gasteiger partial charge on any atom is -0.494 e. The lowest BCUT2D eigenvalue weighted by molar-refractivity contribution is 0.340. The molecule has 0 radical (unpaired) electrons. The number of ether oxygens (including phenoxy) is 1. The molecular weight excluding hydrogens is 252 g/mol. The maximum atomic E-state index is 5.96. The molecule has 0 amide bonds. The van der Waals surface area contributed by atoms with Gasteiger partial charge in [0.25, 0.3) is 0 Å². The predicted molar refractivity (Wildman–Crippen MR) is 81.8 cm³/mol. The van der Waals surface area contributed by atoms with E-state index in [0.29, 0.717) is 23.7 Å². The van der Waals surface area contributed by atoms with E-state index >= 15 is 0 Å². The second-order valence-corrected chi connectivity index (χ2v) is 4.34. The lowest BCUT2D eigenvalue weighted by Crippen LogP contribution is -1.95. The van der Waals surface area contributed by atoms with E-state index in [0.717, 1.165) is 17.0 Å². The number of nitrogens with two attached hydrogens (primary N) is 2. The summed E-state index contributed by atoms with van der Waals surface area (Å²) >= 11 is 0. The Labute approximate surface area is 118 Å². The number of nitrogens with zero attached hydrogens (tertiary/aromatic N) is 2. The summed E-state index contributed by atoms with van der Waals surface area (Å²) in [5, 5.41) is 8.32. The van der Waals surface area contributed by atoms with Crippen molar-refractivity contribution in [3.05, 3.63) is 42.0 Å². The van der Waals surface area contributed by atoms with Crippen LogP contribution >= 0.6 is 0 Å². The third-order valence-electron chi connectivity index (χ3n) is 2.95. The highest BCUT2D eigenvalue weighted by molar-refractivity contribution is 5.73. The molecule has 0 spiro atoms. The van der Waals surface area contributed by atoms with Crippen LogP contribution in [0.15, 0.2) is 46.6 Å². The molecule has 0 heterocycles. The largest absolute Gasteiger partial charge is 0.494 e. The molecule has 20 heavy (non-hydrogen) atoms. The van der Waals surface area contributed by atoms with Gasteiger partial charge in [0.05, 0.1) is 18.0 Å². The Hall–Kier alpha value is -2.56. The van der Waals surface area contributed by atoms with Crippen molar-refractivity contribution in [2.45, 2.75) is 13.8 Å². The molecule has 0 saturated heterocycles. The SMILES string of the molecule is CCOc1ccc(N=Nc2ccc(N)c(C)c2N)cc1. The summed E-state index contributed by atoms with van der Waals surface area (Å²) in [4.78, 5) is 0. The number of hydrogen-bond acceptors (Lipinski definition) is 5. The topological polar surface area (TPSA) is 86.0 Å². The van der Waals surface area contributed by atoms with Crippen molar-refractivity contribution in [1.29, 1.82) is 0 Å². The lowest BCUT2D eigenvalue weighted by Gasteiger charge is -2.06.